The summed E-state index contributed by atoms with van der Waals surface area (Å²) in [6, 6.07) is 5.58. The smallest absolute Gasteiger partial charge is 0.411 e. The summed E-state index contributed by atoms with van der Waals surface area (Å²) in [6.45, 7) is 5.47. The van der Waals surface area contributed by atoms with Crippen molar-refractivity contribution in [1.82, 2.24) is 4.90 Å². The normalized spacial score (nSPS) is 21.3. The lowest BCUT2D eigenvalue weighted by Crippen LogP contribution is -2.60. The first kappa shape index (κ1) is 17.2. The Morgan fingerprint density at radius 1 is 1.30 bits per heavy atom. The van der Waals surface area contributed by atoms with Crippen LogP contribution in [0.5, 0.6) is 0 Å². The van der Waals surface area contributed by atoms with E-state index >= 15 is 0 Å². The fraction of sp³-hybridized carbons (Fsp3) is 0.529. The molecule has 0 bridgehead atoms. The molecule has 1 aromatic rings. The summed E-state index contributed by atoms with van der Waals surface area (Å²) in [6.07, 6.45) is 0.233. The van der Waals surface area contributed by atoms with Crippen molar-refractivity contribution in [1.29, 1.82) is 0 Å². The van der Waals surface area contributed by atoms with Crippen molar-refractivity contribution in [3.8, 4) is 0 Å². The molecule has 0 aliphatic carbocycles. The number of carbonyl (C=O) groups excluding carboxylic acids is 2. The number of hydrogen-bond donors (Lipinski definition) is 0. The monoisotopic (exact) mass is 322 g/mol. The van der Waals surface area contributed by atoms with E-state index in [4.69, 9.17) is 4.74 Å². The Morgan fingerprint density at radius 3 is 2.43 bits per heavy atom. The molecule has 6 heteroatoms. The van der Waals surface area contributed by atoms with Gasteiger partial charge in [-0.05, 0) is 51.3 Å². The fourth-order valence-corrected chi connectivity index (χ4v) is 2.87. The van der Waals surface area contributed by atoms with Crippen molar-refractivity contribution < 1.29 is 23.8 Å². The van der Waals surface area contributed by atoms with Gasteiger partial charge < -0.3 is 14.6 Å². The van der Waals surface area contributed by atoms with E-state index in [1.54, 1.807) is 20.8 Å². The summed E-state index contributed by atoms with van der Waals surface area (Å²) >= 11 is 0. The van der Waals surface area contributed by atoms with E-state index in [1.165, 1.54) is 29.2 Å². The number of likely N-dealkylation sites (tertiary alicyclic amines) is 1. The number of benzene rings is 1. The number of amides is 1. The average molecular weight is 322 g/mol. The molecule has 23 heavy (non-hydrogen) atoms. The molecule has 0 radical (unpaired) electrons. The lowest BCUT2D eigenvalue weighted by molar-refractivity contribution is -0.317. The molecule has 1 amide bonds. The lowest BCUT2D eigenvalue weighted by atomic mass is 9.88. The minimum absolute atomic E-state index is 0.0643. The highest BCUT2D eigenvalue weighted by molar-refractivity contribution is 5.84. The van der Waals surface area contributed by atoms with Gasteiger partial charge in [-0.25, -0.2) is 9.18 Å². The zero-order chi connectivity index (χ0) is 17.3. The predicted octanol–water partition coefficient (Wildman–Crippen LogP) is 1.89. The molecular weight excluding hydrogens is 301 g/mol. The van der Waals surface area contributed by atoms with Crippen LogP contribution in [-0.2, 0) is 16.0 Å². The molecule has 0 saturated carbocycles. The maximum atomic E-state index is 13.0. The van der Waals surface area contributed by atoms with Crippen molar-refractivity contribution in [2.75, 3.05) is 6.54 Å². The highest BCUT2D eigenvalue weighted by Crippen LogP contribution is 2.34. The van der Waals surface area contributed by atoms with Crippen molar-refractivity contribution in [3.63, 3.8) is 0 Å². The summed E-state index contributed by atoms with van der Waals surface area (Å²) in [7, 11) is 0. The van der Waals surface area contributed by atoms with Crippen LogP contribution in [0.3, 0.4) is 0 Å². The molecule has 0 unspecified atom stereocenters. The van der Waals surface area contributed by atoms with Crippen LogP contribution in [-0.4, -0.2) is 34.6 Å². The van der Waals surface area contributed by atoms with Gasteiger partial charge in [0.15, 0.2) is 0 Å². The van der Waals surface area contributed by atoms with Crippen LogP contribution >= 0.6 is 0 Å². The second-order valence-corrected chi connectivity index (χ2v) is 6.86. The van der Waals surface area contributed by atoms with Gasteiger partial charge in [0.1, 0.15) is 11.4 Å². The Bertz CT molecular complexity index is 594. The molecule has 1 aromatic carbocycles. The van der Waals surface area contributed by atoms with E-state index in [1.807, 2.05) is 0 Å². The van der Waals surface area contributed by atoms with Gasteiger partial charge in [0, 0.05) is 13.0 Å². The summed E-state index contributed by atoms with van der Waals surface area (Å²) in [5.41, 5.74) is -1.54. The van der Waals surface area contributed by atoms with Crippen LogP contribution in [0.25, 0.3) is 0 Å². The average Bonchev–Trinajstić information content (AvgIpc) is 2.84. The summed E-state index contributed by atoms with van der Waals surface area (Å²) in [5.74, 6) is -1.71. The predicted molar refractivity (Wildman–Crippen MR) is 80.0 cm³/mol. The zero-order valence-electron chi connectivity index (χ0n) is 13.6. The topological polar surface area (TPSA) is 69.7 Å². The molecule has 0 spiro atoms. The second-order valence-electron chi connectivity index (χ2n) is 6.86. The molecule has 1 aliphatic rings. The number of carbonyl (C=O) groups is 2. The van der Waals surface area contributed by atoms with Crippen molar-refractivity contribution in [3.05, 3.63) is 35.6 Å². The molecular formula is C17H21FNO4-. The third-order valence-electron chi connectivity index (χ3n) is 3.89. The Hall–Kier alpha value is -2.11. The number of carboxylic acid groups (broad SMARTS) is 1. The van der Waals surface area contributed by atoms with Gasteiger partial charge in [-0.3, -0.25) is 4.90 Å². The molecule has 1 heterocycles. The first-order valence-electron chi connectivity index (χ1n) is 7.61. The molecule has 126 valence electrons. The van der Waals surface area contributed by atoms with Gasteiger partial charge in [-0.15, -0.1) is 0 Å². The number of rotatable bonds is 3. The highest BCUT2D eigenvalue weighted by atomic mass is 19.1. The molecule has 1 fully saturated rings. The molecule has 0 N–H and O–H groups in total. The first-order chi connectivity index (χ1) is 10.6. The Kier molecular flexibility index (Phi) is 4.63. The third kappa shape index (κ3) is 3.81. The summed E-state index contributed by atoms with van der Waals surface area (Å²) < 4.78 is 18.4. The molecule has 5 nitrogen and oxygen atoms in total. The van der Waals surface area contributed by atoms with Gasteiger partial charge in [0.2, 0.25) is 0 Å². The van der Waals surface area contributed by atoms with E-state index in [0.29, 0.717) is 18.5 Å². The number of aliphatic carboxylic acids is 1. The maximum absolute atomic E-state index is 13.0. The SMILES string of the molecule is CC(C)(C)OC(=O)N1CCC[C@]1(Cc1ccc(F)cc1)C(=O)[O-]. The van der Waals surface area contributed by atoms with Crippen molar-refractivity contribution in [2.45, 2.75) is 51.2 Å². The van der Waals surface area contributed by atoms with Crippen LogP contribution in [0.1, 0.15) is 39.2 Å². The number of nitrogens with zero attached hydrogens (tertiary/aromatic N) is 1. The van der Waals surface area contributed by atoms with Crippen molar-refractivity contribution >= 4 is 12.1 Å². The van der Waals surface area contributed by atoms with E-state index in [2.05, 4.69) is 0 Å². The van der Waals surface area contributed by atoms with E-state index < -0.39 is 29.0 Å². The summed E-state index contributed by atoms with van der Waals surface area (Å²) in [4.78, 5) is 25.5. The molecule has 0 aromatic heterocycles. The first-order valence-corrected chi connectivity index (χ1v) is 7.61. The largest absolute Gasteiger partial charge is 0.548 e. The molecule has 1 aliphatic heterocycles. The van der Waals surface area contributed by atoms with Crippen LogP contribution in [0.2, 0.25) is 0 Å². The fourth-order valence-electron chi connectivity index (χ4n) is 2.87. The van der Waals surface area contributed by atoms with Crippen LogP contribution in [0.4, 0.5) is 9.18 Å². The second kappa shape index (κ2) is 6.18. The van der Waals surface area contributed by atoms with Crippen LogP contribution < -0.4 is 5.11 Å². The Labute approximate surface area is 135 Å². The third-order valence-corrected chi connectivity index (χ3v) is 3.89. The Morgan fingerprint density at radius 2 is 1.91 bits per heavy atom. The van der Waals surface area contributed by atoms with Gasteiger partial charge in [0.05, 0.1) is 11.5 Å². The van der Waals surface area contributed by atoms with E-state index in [9.17, 15) is 19.1 Å². The highest BCUT2D eigenvalue weighted by Gasteiger charge is 2.46. The minimum atomic E-state index is -1.46. The molecule has 2 rings (SSSR count). The number of carboxylic acids is 1. The standard InChI is InChI=1S/C17H22FNO4/c1-16(2,3)23-15(22)19-10-4-9-17(19,14(20)21)11-12-5-7-13(18)8-6-12/h5-8H,4,9-11H2,1-3H3,(H,20,21)/p-1/t17-/m0/s1. The van der Waals surface area contributed by atoms with E-state index in [-0.39, 0.29) is 12.8 Å². The van der Waals surface area contributed by atoms with Gasteiger partial charge in [-0.2, -0.15) is 0 Å². The number of ether oxygens (including phenoxy) is 1. The van der Waals surface area contributed by atoms with Crippen molar-refractivity contribution in [2.24, 2.45) is 0 Å². The lowest BCUT2D eigenvalue weighted by Gasteiger charge is -2.40. The zero-order valence-corrected chi connectivity index (χ0v) is 13.6. The quantitative estimate of drug-likeness (QED) is 0.852. The molecule has 1 atom stereocenters. The number of halogens is 1. The molecule has 1 saturated heterocycles. The Balaban J connectivity index is 2.29. The minimum Gasteiger partial charge on any atom is -0.548 e. The summed E-state index contributed by atoms with van der Waals surface area (Å²) in [5, 5.41) is 11.8. The van der Waals surface area contributed by atoms with Crippen LogP contribution in [0, 0.1) is 5.82 Å². The van der Waals surface area contributed by atoms with Gasteiger partial charge in [0.25, 0.3) is 0 Å². The maximum Gasteiger partial charge on any atom is 0.411 e. The van der Waals surface area contributed by atoms with Gasteiger partial charge in [-0.1, -0.05) is 12.1 Å². The van der Waals surface area contributed by atoms with Gasteiger partial charge >= 0.3 is 6.09 Å². The van der Waals surface area contributed by atoms with E-state index in [0.717, 1.165) is 0 Å². The number of hydrogen-bond acceptors (Lipinski definition) is 4. The van der Waals surface area contributed by atoms with Crippen LogP contribution in [0.15, 0.2) is 24.3 Å².